The Morgan fingerprint density at radius 3 is 2.89 bits per heavy atom. The SMILES string of the molecule is N/C(=N/O)c1ccccc1CN1CC2CCC1C2. The molecule has 2 fully saturated rings. The van der Waals surface area contributed by atoms with E-state index < -0.39 is 0 Å². The van der Waals surface area contributed by atoms with E-state index in [2.05, 4.69) is 16.1 Å². The topological polar surface area (TPSA) is 61.9 Å². The molecule has 0 spiro atoms. The molecule has 1 aromatic rings. The van der Waals surface area contributed by atoms with E-state index >= 15 is 0 Å². The first-order chi connectivity index (χ1) is 8.78. The predicted octanol–water partition coefficient (Wildman–Crippen LogP) is 1.77. The van der Waals surface area contributed by atoms with Crippen LogP contribution in [-0.2, 0) is 6.54 Å². The zero-order valence-corrected chi connectivity index (χ0v) is 10.4. The van der Waals surface area contributed by atoms with E-state index in [1.807, 2.05) is 18.2 Å². The second kappa shape index (κ2) is 4.61. The van der Waals surface area contributed by atoms with Gasteiger partial charge in [-0.25, -0.2) is 0 Å². The minimum absolute atomic E-state index is 0.204. The summed E-state index contributed by atoms with van der Waals surface area (Å²) in [7, 11) is 0. The van der Waals surface area contributed by atoms with Gasteiger partial charge in [-0.05, 0) is 30.7 Å². The molecule has 1 aliphatic carbocycles. The first-order valence-corrected chi connectivity index (χ1v) is 6.58. The second-order valence-corrected chi connectivity index (χ2v) is 5.40. The van der Waals surface area contributed by atoms with Crippen molar-refractivity contribution in [3.63, 3.8) is 0 Å². The van der Waals surface area contributed by atoms with E-state index in [0.717, 1.165) is 29.6 Å². The monoisotopic (exact) mass is 245 g/mol. The summed E-state index contributed by atoms with van der Waals surface area (Å²) < 4.78 is 0. The zero-order valence-electron chi connectivity index (χ0n) is 10.4. The van der Waals surface area contributed by atoms with Gasteiger partial charge in [-0.2, -0.15) is 0 Å². The Balaban J connectivity index is 1.80. The lowest BCUT2D eigenvalue weighted by molar-refractivity contribution is 0.205. The van der Waals surface area contributed by atoms with Crippen LogP contribution in [0.2, 0.25) is 0 Å². The van der Waals surface area contributed by atoms with Gasteiger partial charge in [0.05, 0.1) is 0 Å². The molecule has 2 aliphatic rings. The highest BCUT2D eigenvalue weighted by Gasteiger charge is 2.37. The summed E-state index contributed by atoms with van der Waals surface area (Å²) in [6, 6.07) is 8.67. The van der Waals surface area contributed by atoms with Crippen molar-refractivity contribution in [1.29, 1.82) is 0 Å². The van der Waals surface area contributed by atoms with Gasteiger partial charge < -0.3 is 10.9 Å². The Bertz CT molecular complexity index is 472. The van der Waals surface area contributed by atoms with Gasteiger partial charge in [-0.15, -0.1) is 0 Å². The van der Waals surface area contributed by atoms with Crippen molar-refractivity contribution < 1.29 is 5.21 Å². The number of piperidine rings is 1. The van der Waals surface area contributed by atoms with E-state index in [4.69, 9.17) is 10.9 Å². The fourth-order valence-electron chi connectivity index (χ4n) is 3.40. The van der Waals surface area contributed by atoms with Gasteiger partial charge in [0.15, 0.2) is 5.84 Å². The first-order valence-electron chi connectivity index (χ1n) is 6.58. The third-order valence-corrected chi connectivity index (χ3v) is 4.30. The summed E-state index contributed by atoms with van der Waals surface area (Å²) in [6.07, 6.45) is 4.07. The molecule has 1 aliphatic heterocycles. The van der Waals surface area contributed by atoms with Crippen LogP contribution in [0.1, 0.15) is 30.4 Å². The Kier molecular flexibility index (Phi) is 2.96. The number of rotatable bonds is 3. The van der Waals surface area contributed by atoms with Crippen molar-refractivity contribution in [2.45, 2.75) is 31.8 Å². The Morgan fingerprint density at radius 2 is 2.22 bits per heavy atom. The maximum Gasteiger partial charge on any atom is 0.170 e. The van der Waals surface area contributed by atoms with Crippen LogP contribution in [0.5, 0.6) is 0 Å². The molecule has 0 amide bonds. The highest BCUT2D eigenvalue weighted by atomic mass is 16.4. The summed E-state index contributed by atoms with van der Waals surface area (Å²) in [4.78, 5) is 2.54. The molecular weight excluding hydrogens is 226 g/mol. The van der Waals surface area contributed by atoms with Gasteiger partial charge >= 0.3 is 0 Å². The maximum absolute atomic E-state index is 8.83. The normalized spacial score (nSPS) is 27.9. The highest BCUT2D eigenvalue weighted by Crippen LogP contribution is 2.38. The molecule has 3 rings (SSSR count). The average Bonchev–Trinajstić information content (AvgIpc) is 3.01. The van der Waals surface area contributed by atoms with Crippen molar-refractivity contribution >= 4 is 5.84 Å². The summed E-state index contributed by atoms with van der Waals surface area (Å²) in [5.74, 6) is 1.10. The lowest BCUT2D eigenvalue weighted by Crippen LogP contribution is -2.32. The quantitative estimate of drug-likeness (QED) is 0.369. The Hall–Kier alpha value is -1.55. The van der Waals surface area contributed by atoms with Crippen molar-refractivity contribution in [2.24, 2.45) is 16.8 Å². The Morgan fingerprint density at radius 1 is 1.39 bits per heavy atom. The van der Waals surface area contributed by atoms with Crippen LogP contribution in [-0.4, -0.2) is 28.5 Å². The fraction of sp³-hybridized carbons (Fsp3) is 0.500. The second-order valence-electron chi connectivity index (χ2n) is 5.40. The highest BCUT2D eigenvalue weighted by molar-refractivity contribution is 5.98. The minimum Gasteiger partial charge on any atom is -0.409 e. The number of nitrogens with zero attached hydrogens (tertiary/aromatic N) is 2. The molecule has 0 radical (unpaired) electrons. The molecular formula is C14H19N3O. The number of hydrogen-bond donors (Lipinski definition) is 2. The van der Waals surface area contributed by atoms with Crippen LogP contribution < -0.4 is 5.73 Å². The van der Waals surface area contributed by atoms with Crippen LogP contribution >= 0.6 is 0 Å². The van der Waals surface area contributed by atoms with Crippen molar-refractivity contribution in [3.05, 3.63) is 35.4 Å². The lowest BCUT2D eigenvalue weighted by Gasteiger charge is -2.27. The molecule has 2 atom stereocenters. The molecule has 4 heteroatoms. The van der Waals surface area contributed by atoms with Gasteiger partial charge in [-0.1, -0.05) is 29.4 Å². The predicted molar refractivity (Wildman–Crippen MR) is 70.5 cm³/mol. The summed E-state index contributed by atoms with van der Waals surface area (Å²) in [6.45, 7) is 2.11. The third-order valence-electron chi connectivity index (χ3n) is 4.30. The van der Waals surface area contributed by atoms with Gasteiger partial charge in [-0.3, -0.25) is 4.90 Å². The molecule has 2 bridgehead atoms. The van der Waals surface area contributed by atoms with Crippen molar-refractivity contribution in [1.82, 2.24) is 4.90 Å². The van der Waals surface area contributed by atoms with E-state index in [-0.39, 0.29) is 5.84 Å². The number of likely N-dealkylation sites (tertiary alicyclic amines) is 1. The van der Waals surface area contributed by atoms with Gasteiger partial charge in [0.25, 0.3) is 0 Å². The molecule has 2 unspecified atom stereocenters. The third kappa shape index (κ3) is 1.97. The standard InChI is InChI=1S/C14H19N3O/c15-14(16-18)13-4-2-1-3-11(13)9-17-8-10-5-6-12(17)7-10/h1-4,10,12,18H,5-9H2,(H2,15,16). The summed E-state index contributed by atoms with van der Waals surface area (Å²) in [5, 5.41) is 11.9. The van der Waals surface area contributed by atoms with Crippen molar-refractivity contribution in [3.8, 4) is 0 Å². The Labute approximate surface area is 107 Å². The fourth-order valence-corrected chi connectivity index (χ4v) is 3.40. The molecule has 1 saturated heterocycles. The average molecular weight is 245 g/mol. The van der Waals surface area contributed by atoms with Crippen LogP contribution in [0.15, 0.2) is 29.4 Å². The van der Waals surface area contributed by atoms with Crippen LogP contribution in [0.3, 0.4) is 0 Å². The summed E-state index contributed by atoms with van der Waals surface area (Å²) >= 11 is 0. The molecule has 18 heavy (non-hydrogen) atoms. The number of fused-ring (bicyclic) bond motifs is 2. The van der Waals surface area contributed by atoms with Crippen LogP contribution in [0.25, 0.3) is 0 Å². The van der Waals surface area contributed by atoms with Crippen LogP contribution in [0.4, 0.5) is 0 Å². The van der Waals surface area contributed by atoms with Gasteiger partial charge in [0.1, 0.15) is 0 Å². The van der Waals surface area contributed by atoms with E-state index in [0.29, 0.717) is 0 Å². The van der Waals surface area contributed by atoms with Gasteiger partial charge in [0.2, 0.25) is 0 Å². The molecule has 1 aromatic carbocycles. The number of amidine groups is 1. The molecule has 4 nitrogen and oxygen atoms in total. The molecule has 3 N–H and O–H groups in total. The molecule has 0 aromatic heterocycles. The molecule has 1 heterocycles. The molecule has 96 valence electrons. The zero-order chi connectivity index (χ0) is 12.5. The summed E-state index contributed by atoms with van der Waals surface area (Å²) in [5.41, 5.74) is 7.73. The van der Waals surface area contributed by atoms with E-state index in [1.54, 1.807) is 0 Å². The van der Waals surface area contributed by atoms with E-state index in [1.165, 1.54) is 25.8 Å². The lowest BCUT2D eigenvalue weighted by atomic mass is 10.0. The van der Waals surface area contributed by atoms with Crippen LogP contribution in [0, 0.1) is 5.92 Å². The smallest absolute Gasteiger partial charge is 0.170 e. The number of benzene rings is 1. The number of hydrogen-bond acceptors (Lipinski definition) is 3. The van der Waals surface area contributed by atoms with E-state index in [9.17, 15) is 0 Å². The molecule has 1 saturated carbocycles. The largest absolute Gasteiger partial charge is 0.409 e. The first kappa shape index (κ1) is 11.5. The van der Waals surface area contributed by atoms with Gasteiger partial charge in [0, 0.05) is 24.7 Å². The van der Waals surface area contributed by atoms with Crippen molar-refractivity contribution in [2.75, 3.05) is 6.54 Å². The maximum atomic E-state index is 8.83. The number of nitrogens with two attached hydrogens (primary N) is 1. The number of oxime groups is 1. The minimum atomic E-state index is 0.204.